The minimum absolute atomic E-state index is 0. The van der Waals surface area contributed by atoms with Crippen LogP contribution in [0.25, 0.3) is 38.8 Å². The maximum atomic E-state index is 6.82. The summed E-state index contributed by atoms with van der Waals surface area (Å²) < 4.78 is 9.06. The number of ether oxygens (including phenoxy) is 1. The Bertz CT molecular complexity index is 3190. The van der Waals surface area contributed by atoms with E-state index in [4.69, 9.17) is 9.72 Å². The zero-order valence-electron chi connectivity index (χ0n) is 42.9. The number of aromatic nitrogens is 2. The van der Waals surface area contributed by atoms with Gasteiger partial charge in [-0.3, -0.25) is 0 Å². The van der Waals surface area contributed by atoms with Crippen LogP contribution >= 0.6 is 0 Å². The van der Waals surface area contributed by atoms with E-state index in [0.29, 0.717) is 11.5 Å². The van der Waals surface area contributed by atoms with Crippen molar-refractivity contribution in [1.29, 1.82) is 0 Å². The molecule has 0 aliphatic carbocycles. The van der Waals surface area contributed by atoms with E-state index in [1.54, 1.807) is 0 Å². The molecule has 8 aromatic rings. The Hall–Kier alpha value is -5.90. The SMILES string of the molecule is CC(C)(C)C1=C(C(C)(C)C)N(c2cc(-c3ccccc3)cc(C(C)(C)C)c2)[CH-]N1c1[c-]c(Oc2[c-]c3c(cc2)c2cc(C(C)(C)c4ccccc4)ccc2n3-c2cc(C(C)(C)C)ccn2)ccc1.[Pt]. The predicted octanol–water partition coefficient (Wildman–Crippen LogP) is 16.9. The topological polar surface area (TPSA) is 33.5 Å². The molecule has 0 saturated carbocycles. The van der Waals surface area contributed by atoms with E-state index in [1.807, 2.05) is 18.3 Å². The van der Waals surface area contributed by atoms with Crippen LogP contribution in [0, 0.1) is 29.6 Å². The molecule has 9 rings (SSSR count). The van der Waals surface area contributed by atoms with E-state index in [2.05, 4.69) is 257 Å². The van der Waals surface area contributed by atoms with E-state index in [0.717, 1.165) is 39.0 Å². The van der Waals surface area contributed by atoms with Gasteiger partial charge in [0.15, 0.2) is 0 Å². The molecule has 1 aliphatic heterocycles. The summed E-state index contributed by atoms with van der Waals surface area (Å²) in [6.07, 6.45) is 1.92. The van der Waals surface area contributed by atoms with Crippen molar-refractivity contribution in [2.45, 2.75) is 113 Å². The summed E-state index contributed by atoms with van der Waals surface area (Å²) in [4.78, 5) is 9.72. The molecular weight excluding hydrogens is 1020 g/mol. The van der Waals surface area contributed by atoms with Crippen molar-refractivity contribution in [3.05, 3.63) is 198 Å². The molecule has 0 unspecified atom stereocenters. The summed E-state index contributed by atoms with van der Waals surface area (Å²) in [6, 6.07) is 57.6. The number of benzene rings is 6. The Labute approximate surface area is 426 Å². The first kappa shape index (κ1) is 49.5. The fourth-order valence-electron chi connectivity index (χ4n) is 9.65. The average molecular weight is 1090 g/mol. The van der Waals surface area contributed by atoms with Crippen molar-refractivity contribution >= 4 is 33.2 Å². The minimum Gasteiger partial charge on any atom is -0.509 e. The van der Waals surface area contributed by atoms with Crippen molar-refractivity contribution in [2.75, 3.05) is 9.80 Å². The van der Waals surface area contributed by atoms with Gasteiger partial charge in [-0.2, -0.15) is 12.1 Å². The maximum Gasteiger partial charge on any atom is 0.135 e. The van der Waals surface area contributed by atoms with Crippen LogP contribution in [0.5, 0.6) is 11.5 Å². The van der Waals surface area contributed by atoms with Crippen LogP contribution in [-0.4, -0.2) is 9.55 Å². The van der Waals surface area contributed by atoms with E-state index >= 15 is 0 Å². The van der Waals surface area contributed by atoms with Gasteiger partial charge in [0, 0.05) is 77.6 Å². The van der Waals surface area contributed by atoms with Crippen molar-refractivity contribution in [2.24, 2.45) is 10.8 Å². The van der Waals surface area contributed by atoms with Gasteiger partial charge in [0.25, 0.3) is 0 Å². The second kappa shape index (κ2) is 18.1. The summed E-state index contributed by atoms with van der Waals surface area (Å²) in [6.45, 7) is 34.3. The molecule has 0 bridgehead atoms. The maximum absolute atomic E-state index is 6.82. The number of fused-ring (bicyclic) bond motifs is 3. The fourth-order valence-corrected chi connectivity index (χ4v) is 9.65. The number of pyridine rings is 1. The summed E-state index contributed by atoms with van der Waals surface area (Å²) in [7, 11) is 0. The standard InChI is InChI=1S/C63H67N4O.Pt/c1-59(2,3)45-32-33-64-56(38-45)67-54-31-28-46(63(13,14)44-24-19-16-20-25-44)37-53(54)52-30-29-51(40-55(52)67)68-50-27-21-26-48(39-50)65-41-66(58(62(10,11)12)57(65)61(7,8)9)49-35-43(42-22-17-15-18-23-42)34-47(36-49)60(4,5)6;/h15-38,41H,1-14H3;/q-3;. The quantitative estimate of drug-likeness (QED) is 0.142. The molecule has 0 amide bonds. The van der Waals surface area contributed by atoms with Crippen LogP contribution in [0.3, 0.4) is 0 Å². The van der Waals surface area contributed by atoms with Gasteiger partial charge in [-0.15, -0.1) is 48.1 Å². The molecule has 6 aromatic carbocycles. The Balaban J connectivity index is 0.00000642. The third kappa shape index (κ3) is 9.70. The molecular formula is C63H67N4OPt-3. The molecule has 358 valence electrons. The zero-order chi connectivity index (χ0) is 48.6. The third-order valence-electron chi connectivity index (χ3n) is 13.5. The Morgan fingerprint density at radius 1 is 0.478 bits per heavy atom. The molecule has 5 nitrogen and oxygen atoms in total. The number of hydrogen-bond acceptors (Lipinski definition) is 4. The largest absolute Gasteiger partial charge is 0.509 e. The van der Waals surface area contributed by atoms with Crippen LogP contribution in [0.4, 0.5) is 11.4 Å². The smallest absolute Gasteiger partial charge is 0.135 e. The first-order valence-corrected chi connectivity index (χ1v) is 24.1. The summed E-state index contributed by atoms with van der Waals surface area (Å²) in [5, 5.41) is 2.24. The number of rotatable bonds is 8. The van der Waals surface area contributed by atoms with Gasteiger partial charge in [-0.1, -0.05) is 181 Å². The van der Waals surface area contributed by atoms with Crippen LogP contribution in [0.2, 0.25) is 0 Å². The van der Waals surface area contributed by atoms with Crippen LogP contribution < -0.4 is 14.5 Å². The van der Waals surface area contributed by atoms with Crippen molar-refractivity contribution < 1.29 is 25.8 Å². The minimum atomic E-state index is -0.219. The summed E-state index contributed by atoms with van der Waals surface area (Å²) in [5.41, 5.74) is 13.2. The molecule has 0 spiro atoms. The van der Waals surface area contributed by atoms with Gasteiger partial charge in [0.2, 0.25) is 0 Å². The Morgan fingerprint density at radius 2 is 1.12 bits per heavy atom. The van der Waals surface area contributed by atoms with Crippen molar-refractivity contribution in [3.8, 4) is 28.4 Å². The summed E-state index contributed by atoms with van der Waals surface area (Å²) >= 11 is 0. The van der Waals surface area contributed by atoms with Gasteiger partial charge in [0.05, 0.1) is 0 Å². The Kier molecular flexibility index (Phi) is 13.0. The monoisotopic (exact) mass is 1090 g/mol. The van der Waals surface area contributed by atoms with Gasteiger partial charge in [-0.25, -0.2) is 4.98 Å². The molecule has 2 aromatic heterocycles. The number of hydrogen-bond donors (Lipinski definition) is 0. The second-order valence-electron chi connectivity index (χ2n) is 23.2. The molecule has 0 fully saturated rings. The first-order chi connectivity index (χ1) is 32.0. The molecule has 0 atom stereocenters. The van der Waals surface area contributed by atoms with Crippen LogP contribution in [0.1, 0.15) is 119 Å². The Morgan fingerprint density at radius 3 is 1.77 bits per heavy atom. The van der Waals surface area contributed by atoms with Gasteiger partial charge < -0.3 is 19.1 Å². The third-order valence-corrected chi connectivity index (χ3v) is 13.5. The van der Waals surface area contributed by atoms with Gasteiger partial charge in [-0.05, 0) is 79.9 Å². The molecule has 0 saturated heterocycles. The second-order valence-corrected chi connectivity index (χ2v) is 23.2. The number of nitrogens with zero attached hydrogens (tertiary/aromatic N) is 4. The average Bonchev–Trinajstić information content (AvgIpc) is 3.87. The normalized spacial score (nSPS) is 13.9. The van der Waals surface area contributed by atoms with Crippen molar-refractivity contribution in [1.82, 2.24) is 9.55 Å². The van der Waals surface area contributed by atoms with Crippen molar-refractivity contribution in [3.63, 3.8) is 0 Å². The number of anilines is 2. The molecule has 0 radical (unpaired) electrons. The van der Waals surface area contributed by atoms with E-state index in [1.165, 1.54) is 44.8 Å². The van der Waals surface area contributed by atoms with Gasteiger partial charge in [0.1, 0.15) is 5.82 Å². The van der Waals surface area contributed by atoms with Crippen LogP contribution in [-0.2, 0) is 37.3 Å². The predicted molar refractivity (Wildman–Crippen MR) is 286 cm³/mol. The molecule has 69 heavy (non-hydrogen) atoms. The number of allylic oxidation sites excluding steroid dienone is 2. The van der Waals surface area contributed by atoms with E-state index in [-0.39, 0.29) is 48.1 Å². The molecule has 6 heteroatoms. The summed E-state index contributed by atoms with van der Waals surface area (Å²) in [5.74, 6) is 2.07. The van der Waals surface area contributed by atoms with E-state index in [9.17, 15) is 0 Å². The first-order valence-electron chi connectivity index (χ1n) is 24.1. The molecule has 1 aliphatic rings. The zero-order valence-corrected chi connectivity index (χ0v) is 45.2. The fraction of sp³-hybridized carbons (Fsp3) is 0.302. The van der Waals surface area contributed by atoms with E-state index < -0.39 is 0 Å². The molecule has 0 N–H and O–H groups in total. The van der Waals surface area contributed by atoms with Crippen LogP contribution in [0.15, 0.2) is 157 Å². The van der Waals surface area contributed by atoms with Gasteiger partial charge >= 0.3 is 0 Å². The molecule has 3 heterocycles.